The van der Waals surface area contributed by atoms with Crippen LogP contribution < -0.4 is 30.6 Å². The fourth-order valence-corrected chi connectivity index (χ4v) is 7.88. The molecule has 2 aromatic heterocycles. The predicted molar refractivity (Wildman–Crippen MR) is 159 cm³/mol. The number of thiophene rings is 1. The van der Waals surface area contributed by atoms with Gasteiger partial charge in [0, 0.05) is 34.0 Å². The normalized spacial score (nSPS) is 17.5. The average molecular weight is 583 g/mol. The second-order valence-corrected chi connectivity index (χ2v) is 11.6. The number of carbonyl (C=O) groups is 1. The molecule has 11 heteroatoms. The largest absolute Gasteiger partial charge is 0.493 e. The summed E-state index contributed by atoms with van der Waals surface area (Å²) >= 11 is 1.56. The van der Waals surface area contributed by atoms with E-state index in [-0.39, 0.29) is 22.9 Å². The Bertz CT molecular complexity index is 1740. The van der Waals surface area contributed by atoms with E-state index in [0.717, 1.165) is 36.9 Å². The zero-order valence-electron chi connectivity index (χ0n) is 23.7. The molecule has 4 N–H and O–H groups in total. The second-order valence-electron chi connectivity index (χ2n) is 10.5. The molecule has 2 aliphatic carbocycles. The fourth-order valence-electron chi connectivity index (χ4n) is 6.52. The predicted octanol–water partition coefficient (Wildman–Crippen LogP) is 5.25. The summed E-state index contributed by atoms with van der Waals surface area (Å²) in [7, 11) is 4.58. The summed E-state index contributed by atoms with van der Waals surface area (Å²) in [6.45, 7) is 0. The van der Waals surface area contributed by atoms with Crippen LogP contribution in [0.25, 0.3) is 0 Å². The quantitative estimate of drug-likeness (QED) is 0.407. The van der Waals surface area contributed by atoms with Crippen LogP contribution >= 0.6 is 11.3 Å². The maximum absolute atomic E-state index is 13.9. The highest BCUT2D eigenvalue weighted by Gasteiger charge is 2.44. The number of pyridine rings is 1. The highest BCUT2D eigenvalue weighted by molar-refractivity contribution is 7.16. The van der Waals surface area contributed by atoms with Gasteiger partial charge in [0.2, 0.25) is 5.75 Å². The van der Waals surface area contributed by atoms with Crippen molar-refractivity contribution in [1.29, 1.82) is 10.5 Å². The summed E-state index contributed by atoms with van der Waals surface area (Å²) in [5.41, 5.74) is 17.4. The molecule has 0 saturated heterocycles. The number of aryl methyl sites for hydroxylation is 1. The number of hydrogen-bond acceptors (Lipinski definition) is 11. The van der Waals surface area contributed by atoms with Crippen LogP contribution in [0.5, 0.6) is 17.2 Å². The lowest BCUT2D eigenvalue weighted by atomic mass is 9.74. The van der Waals surface area contributed by atoms with E-state index in [1.54, 1.807) is 23.5 Å². The van der Waals surface area contributed by atoms with E-state index in [1.165, 1.54) is 26.2 Å². The molecule has 1 aromatic carbocycles. The number of nitriles is 2. The van der Waals surface area contributed by atoms with Crippen molar-refractivity contribution in [3.63, 3.8) is 0 Å². The van der Waals surface area contributed by atoms with Crippen LogP contribution in [0.2, 0.25) is 0 Å². The number of fused-ring (bicyclic) bond motifs is 2. The third-order valence-corrected chi connectivity index (χ3v) is 9.65. The van der Waals surface area contributed by atoms with Crippen LogP contribution in [-0.4, -0.2) is 32.1 Å². The number of methoxy groups -OCH3 is 3. The molecule has 1 atom stereocenters. The van der Waals surface area contributed by atoms with Gasteiger partial charge in [-0.25, -0.2) is 4.98 Å². The van der Waals surface area contributed by atoms with E-state index in [0.29, 0.717) is 69.6 Å². The number of nitrogens with zero attached hydrogens (tertiary/aromatic N) is 4. The Kier molecular flexibility index (Phi) is 6.91. The third kappa shape index (κ3) is 3.96. The van der Waals surface area contributed by atoms with E-state index in [2.05, 4.69) is 12.1 Å². The lowest BCUT2D eigenvalue weighted by molar-refractivity contribution is -0.116. The molecule has 0 amide bonds. The van der Waals surface area contributed by atoms with Crippen molar-refractivity contribution in [2.45, 2.75) is 50.9 Å². The number of allylic oxidation sites excluding steroid dienone is 2. The summed E-state index contributed by atoms with van der Waals surface area (Å²) in [5.74, 6) is 0.949. The van der Waals surface area contributed by atoms with Crippen LogP contribution in [0.3, 0.4) is 0 Å². The number of ketones is 1. The van der Waals surface area contributed by atoms with Gasteiger partial charge in [-0.2, -0.15) is 10.5 Å². The number of aromatic nitrogens is 1. The van der Waals surface area contributed by atoms with Gasteiger partial charge in [0.1, 0.15) is 34.3 Å². The van der Waals surface area contributed by atoms with Crippen molar-refractivity contribution >= 4 is 39.4 Å². The van der Waals surface area contributed by atoms with Gasteiger partial charge in [-0.15, -0.1) is 11.3 Å². The number of Topliss-reactive ketones (excluding diaryl/α,β-unsaturated/α-hetero) is 1. The molecule has 1 aliphatic heterocycles. The molecular formula is C31H30N6O4S. The molecule has 3 aromatic rings. The molecule has 10 nitrogen and oxygen atoms in total. The fraction of sp³-hybridized carbons (Fsp3) is 0.355. The number of nitrogen functional groups attached to an aromatic ring is 2. The molecule has 0 bridgehead atoms. The van der Waals surface area contributed by atoms with E-state index in [1.807, 2.05) is 4.90 Å². The van der Waals surface area contributed by atoms with E-state index in [4.69, 9.17) is 30.7 Å². The summed E-state index contributed by atoms with van der Waals surface area (Å²) in [6, 6.07) is 8.14. The molecule has 3 aliphatic rings. The summed E-state index contributed by atoms with van der Waals surface area (Å²) in [5, 5.41) is 21.1. The first-order valence-electron chi connectivity index (χ1n) is 13.8. The Morgan fingerprint density at radius 3 is 2.29 bits per heavy atom. The Balaban J connectivity index is 1.72. The molecule has 214 valence electrons. The number of nitrogens with two attached hydrogens (primary N) is 2. The van der Waals surface area contributed by atoms with Gasteiger partial charge in [0.15, 0.2) is 17.3 Å². The second kappa shape index (κ2) is 10.6. The summed E-state index contributed by atoms with van der Waals surface area (Å²) in [4.78, 5) is 21.8. The SMILES string of the molecule is COc1cc(C2C3=C(CCCC3=O)N(c3sc4c(c3C#N)CCCC4)c3nc(N)c(C#N)c(N)c32)cc(OC)c1OC. The van der Waals surface area contributed by atoms with Crippen molar-refractivity contribution in [1.82, 2.24) is 4.98 Å². The molecule has 0 saturated carbocycles. The number of anilines is 4. The maximum Gasteiger partial charge on any atom is 0.203 e. The Hall–Kier alpha value is -4.74. The number of hydrogen-bond donors (Lipinski definition) is 2. The van der Waals surface area contributed by atoms with Gasteiger partial charge in [-0.1, -0.05) is 0 Å². The third-order valence-electron chi connectivity index (χ3n) is 8.37. The molecule has 0 fully saturated rings. The molecule has 1 unspecified atom stereocenters. The Labute approximate surface area is 247 Å². The highest BCUT2D eigenvalue weighted by Crippen LogP contribution is 2.56. The van der Waals surface area contributed by atoms with Crippen LogP contribution in [0.15, 0.2) is 23.4 Å². The topological polar surface area (TPSA) is 161 Å². The standard InChI is InChI=1S/C31H30N6O4S/c1-39-21-11-15(12-22(40-2)28(21)41-3)24-25-19(8-6-9-20(25)38)37(30-26(24)27(34)18(14-33)29(35)36-30)31-17(13-32)16-7-4-5-10-23(16)42-31/h11-12,24H,4-10H2,1-3H3,(H4,34,35,36). The van der Waals surface area contributed by atoms with Crippen molar-refractivity contribution in [2.24, 2.45) is 0 Å². The lowest BCUT2D eigenvalue weighted by Crippen LogP contribution is -2.34. The van der Waals surface area contributed by atoms with Gasteiger partial charge in [0.25, 0.3) is 0 Å². The number of ether oxygens (including phenoxy) is 3. The minimum atomic E-state index is -0.687. The minimum Gasteiger partial charge on any atom is -0.493 e. The van der Waals surface area contributed by atoms with Crippen molar-refractivity contribution < 1.29 is 19.0 Å². The minimum absolute atomic E-state index is 0.00611. The van der Waals surface area contributed by atoms with Crippen molar-refractivity contribution in [3.05, 3.63) is 56.1 Å². The molecular weight excluding hydrogens is 552 g/mol. The molecule has 3 heterocycles. The zero-order chi connectivity index (χ0) is 29.7. The molecule has 0 radical (unpaired) electrons. The number of benzene rings is 1. The Morgan fingerprint density at radius 2 is 1.64 bits per heavy atom. The van der Waals surface area contributed by atoms with Crippen LogP contribution in [0.4, 0.5) is 22.3 Å². The zero-order valence-corrected chi connectivity index (χ0v) is 24.5. The average Bonchev–Trinajstić information content (AvgIpc) is 3.37. The van der Waals surface area contributed by atoms with Crippen LogP contribution in [0, 0.1) is 22.7 Å². The first-order chi connectivity index (χ1) is 20.4. The number of carbonyl (C=O) groups excluding carboxylic acids is 1. The van der Waals surface area contributed by atoms with E-state index >= 15 is 0 Å². The van der Waals surface area contributed by atoms with Gasteiger partial charge < -0.3 is 25.7 Å². The van der Waals surface area contributed by atoms with Gasteiger partial charge >= 0.3 is 0 Å². The van der Waals surface area contributed by atoms with Gasteiger partial charge in [-0.05, 0) is 61.8 Å². The first kappa shape index (κ1) is 27.4. The van der Waals surface area contributed by atoms with E-state index < -0.39 is 5.92 Å². The Morgan fingerprint density at radius 1 is 0.952 bits per heavy atom. The maximum atomic E-state index is 13.9. The van der Waals surface area contributed by atoms with Crippen molar-refractivity contribution in [3.8, 4) is 29.4 Å². The van der Waals surface area contributed by atoms with Gasteiger partial charge in [0.05, 0.1) is 32.6 Å². The summed E-state index contributed by atoms with van der Waals surface area (Å²) in [6.07, 6.45) is 5.43. The van der Waals surface area contributed by atoms with Crippen LogP contribution in [0.1, 0.15) is 70.7 Å². The number of rotatable bonds is 5. The van der Waals surface area contributed by atoms with Crippen molar-refractivity contribution in [2.75, 3.05) is 37.7 Å². The molecule has 42 heavy (non-hydrogen) atoms. The van der Waals surface area contributed by atoms with E-state index in [9.17, 15) is 15.3 Å². The van der Waals surface area contributed by atoms with Gasteiger partial charge in [-0.3, -0.25) is 9.69 Å². The summed E-state index contributed by atoms with van der Waals surface area (Å²) < 4.78 is 16.9. The monoisotopic (exact) mass is 582 g/mol. The molecule has 6 rings (SSSR count). The van der Waals surface area contributed by atoms with Crippen LogP contribution in [-0.2, 0) is 17.6 Å². The smallest absolute Gasteiger partial charge is 0.203 e. The lowest BCUT2D eigenvalue weighted by Gasteiger charge is -2.40. The molecule has 0 spiro atoms. The highest BCUT2D eigenvalue weighted by atomic mass is 32.1. The first-order valence-corrected chi connectivity index (χ1v) is 14.6.